The Balaban J connectivity index is 1.66. The number of aromatic amines is 1. The molecule has 0 aliphatic carbocycles. The molecule has 5 heteroatoms. The highest BCUT2D eigenvalue weighted by Crippen LogP contribution is 2.23. The molecule has 5 nitrogen and oxygen atoms in total. The highest BCUT2D eigenvalue weighted by atomic mass is 16.5. The second-order valence-electron chi connectivity index (χ2n) is 6.78. The Bertz CT molecular complexity index is 711. The standard InChI is InChI=1S/C20H26N2O3/c1-14-10-18(15(2)21-14)20(24)12-22-8-9-25-13-17(22)11-19(23)16-6-4-3-5-7-16/h3-7,10,17,19,21,23H,8-9,11-13H2,1-2H3. The number of morpholine rings is 1. The lowest BCUT2D eigenvalue weighted by Crippen LogP contribution is -2.48. The predicted molar refractivity (Wildman–Crippen MR) is 96.8 cm³/mol. The van der Waals surface area contributed by atoms with Crippen molar-refractivity contribution in [3.63, 3.8) is 0 Å². The van der Waals surface area contributed by atoms with Crippen molar-refractivity contribution in [1.82, 2.24) is 9.88 Å². The molecule has 0 radical (unpaired) electrons. The lowest BCUT2D eigenvalue weighted by molar-refractivity contribution is -0.0231. The molecule has 1 aliphatic rings. The van der Waals surface area contributed by atoms with Crippen molar-refractivity contribution < 1.29 is 14.6 Å². The van der Waals surface area contributed by atoms with E-state index in [-0.39, 0.29) is 11.8 Å². The van der Waals surface area contributed by atoms with Gasteiger partial charge in [-0.1, -0.05) is 30.3 Å². The zero-order valence-corrected chi connectivity index (χ0v) is 14.9. The molecule has 2 unspecified atom stereocenters. The first-order valence-electron chi connectivity index (χ1n) is 8.79. The summed E-state index contributed by atoms with van der Waals surface area (Å²) < 4.78 is 5.59. The summed E-state index contributed by atoms with van der Waals surface area (Å²) in [5.74, 6) is 0.114. The average Bonchev–Trinajstić information content (AvgIpc) is 2.96. The number of benzene rings is 1. The molecule has 2 heterocycles. The van der Waals surface area contributed by atoms with Gasteiger partial charge >= 0.3 is 0 Å². The van der Waals surface area contributed by atoms with Crippen LogP contribution in [0.5, 0.6) is 0 Å². The van der Waals surface area contributed by atoms with E-state index in [1.807, 2.05) is 50.2 Å². The highest BCUT2D eigenvalue weighted by Gasteiger charge is 2.28. The summed E-state index contributed by atoms with van der Waals surface area (Å²) in [6.07, 6.45) is 0.00403. The SMILES string of the molecule is Cc1cc(C(=O)CN2CCOCC2CC(O)c2ccccc2)c(C)[nH]1. The first-order chi connectivity index (χ1) is 12.0. The molecule has 1 aliphatic heterocycles. The van der Waals surface area contributed by atoms with Crippen LogP contribution < -0.4 is 0 Å². The topological polar surface area (TPSA) is 65.6 Å². The number of carbonyl (C=O) groups excluding carboxylic acids is 1. The van der Waals surface area contributed by atoms with Crippen molar-refractivity contribution in [2.24, 2.45) is 0 Å². The van der Waals surface area contributed by atoms with Crippen LogP contribution in [0.4, 0.5) is 0 Å². The van der Waals surface area contributed by atoms with Crippen molar-refractivity contribution >= 4 is 5.78 Å². The Morgan fingerprint density at radius 2 is 2.12 bits per heavy atom. The first-order valence-corrected chi connectivity index (χ1v) is 8.79. The Morgan fingerprint density at radius 3 is 2.80 bits per heavy atom. The molecule has 1 fully saturated rings. The number of aliphatic hydroxyl groups is 1. The molecule has 2 N–H and O–H groups in total. The van der Waals surface area contributed by atoms with Crippen LogP contribution in [0.3, 0.4) is 0 Å². The Hall–Kier alpha value is -1.95. The fourth-order valence-corrected chi connectivity index (χ4v) is 3.47. The van der Waals surface area contributed by atoms with E-state index in [0.29, 0.717) is 32.7 Å². The Labute approximate surface area is 148 Å². The molecule has 2 atom stereocenters. The second kappa shape index (κ2) is 7.95. The summed E-state index contributed by atoms with van der Waals surface area (Å²) in [5, 5.41) is 10.5. The molecule has 25 heavy (non-hydrogen) atoms. The van der Waals surface area contributed by atoms with Gasteiger partial charge in [-0.3, -0.25) is 9.69 Å². The van der Waals surface area contributed by atoms with Gasteiger partial charge in [-0.15, -0.1) is 0 Å². The van der Waals surface area contributed by atoms with Crippen LogP contribution in [0.15, 0.2) is 36.4 Å². The van der Waals surface area contributed by atoms with Gasteiger partial charge in [0.25, 0.3) is 0 Å². The predicted octanol–water partition coefficient (Wildman–Crippen LogP) is 2.64. The van der Waals surface area contributed by atoms with Gasteiger partial charge in [0.05, 0.1) is 25.9 Å². The van der Waals surface area contributed by atoms with E-state index in [2.05, 4.69) is 9.88 Å². The lowest BCUT2D eigenvalue weighted by Gasteiger charge is -2.36. The largest absolute Gasteiger partial charge is 0.388 e. The number of ether oxygens (including phenoxy) is 1. The average molecular weight is 342 g/mol. The number of Topliss-reactive ketones (excluding diaryl/α,β-unsaturated/α-hetero) is 1. The number of rotatable bonds is 6. The fraction of sp³-hybridized carbons (Fsp3) is 0.450. The van der Waals surface area contributed by atoms with Gasteiger partial charge in [0, 0.05) is 29.5 Å². The molecular formula is C20H26N2O3. The van der Waals surface area contributed by atoms with E-state index < -0.39 is 6.10 Å². The molecule has 1 aromatic carbocycles. The normalized spacial score (nSPS) is 19.7. The first kappa shape index (κ1) is 17.9. The summed E-state index contributed by atoms with van der Waals surface area (Å²) in [4.78, 5) is 18.0. The molecule has 134 valence electrons. The van der Waals surface area contributed by atoms with Crippen LogP contribution in [0, 0.1) is 13.8 Å². The van der Waals surface area contributed by atoms with Gasteiger partial charge in [0.2, 0.25) is 0 Å². The summed E-state index contributed by atoms with van der Waals surface area (Å²) in [7, 11) is 0. The zero-order chi connectivity index (χ0) is 17.8. The highest BCUT2D eigenvalue weighted by molar-refractivity contribution is 5.98. The van der Waals surface area contributed by atoms with Crippen LogP contribution in [-0.2, 0) is 4.74 Å². The van der Waals surface area contributed by atoms with Crippen LogP contribution in [-0.4, -0.2) is 53.1 Å². The molecule has 3 rings (SSSR count). The number of hydrogen-bond acceptors (Lipinski definition) is 4. The Morgan fingerprint density at radius 1 is 1.36 bits per heavy atom. The molecule has 2 aromatic rings. The summed E-state index contributed by atoms with van der Waals surface area (Å²) >= 11 is 0. The number of nitrogens with one attached hydrogen (secondary N) is 1. The summed E-state index contributed by atoms with van der Waals surface area (Å²) in [6.45, 7) is 6.11. The number of aryl methyl sites for hydroxylation is 2. The van der Waals surface area contributed by atoms with Crippen molar-refractivity contribution in [2.75, 3.05) is 26.3 Å². The molecule has 1 saturated heterocycles. The quantitative estimate of drug-likeness (QED) is 0.792. The third-order valence-corrected chi connectivity index (χ3v) is 4.83. The van der Waals surface area contributed by atoms with Gasteiger partial charge in [0.1, 0.15) is 0 Å². The number of ketones is 1. The molecular weight excluding hydrogens is 316 g/mol. The number of carbonyl (C=O) groups is 1. The van der Waals surface area contributed by atoms with Crippen LogP contribution in [0.25, 0.3) is 0 Å². The minimum absolute atomic E-state index is 0.0354. The maximum absolute atomic E-state index is 12.7. The zero-order valence-electron chi connectivity index (χ0n) is 14.9. The van der Waals surface area contributed by atoms with Crippen LogP contribution in [0.2, 0.25) is 0 Å². The van der Waals surface area contributed by atoms with Gasteiger partial charge < -0.3 is 14.8 Å². The van der Waals surface area contributed by atoms with Crippen molar-refractivity contribution in [3.05, 3.63) is 58.9 Å². The summed E-state index contributed by atoms with van der Waals surface area (Å²) in [6, 6.07) is 11.6. The molecule has 0 saturated carbocycles. The third kappa shape index (κ3) is 4.37. The van der Waals surface area contributed by atoms with E-state index in [1.54, 1.807) is 0 Å². The van der Waals surface area contributed by atoms with Gasteiger partial charge in [-0.05, 0) is 31.9 Å². The van der Waals surface area contributed by atoms with E-state index in [0.717, 1.165) is 22.5 Å². The summed E-state index contributed by atoms with van der Waals surface area (Å²) in [5.41, 5.74) is 3.57. The minimum atomic E-state index is -0.554. The minimum Gasteiger partial charge on any atom is -0.388 e. The van der Waals surface area contributed by atoms with Crippen LogP contribution >= 0.6 is 0 Å². The maximum atomic E-state index is 12.7. The fourth-order valence-electron chi connectivity index (χ4n) is 3.47. The number of hydrogen-bond donors (Lipinski definition) is 2. The number of H-pyrrole nitrogens is 1. The molecule has 0 spiro atoms. The third-order valence-electron chi connectivity index (χ3n) is 4.83. The van der Waals surface area contributed by atoms with Crippen molar-refractivity contribution in [3.8, 4) is 0 Å². The second-order valence-corrected chi connectivity index (χ2v) is 6.78. The lowest BCUT2D eigenvalue weighted by atomic mass is 10.00. The Kier molecular flexibility index (Phi) is 5.68. The number of aromatic nitrogens is 1. The van der Waals surface area contributed by atoms with Gasteiger partial charge in [0.15, 0.2) is 5.78 Å². The maximum Gasteiger partial charge on any atom is 0.178 e. The molecule has 1 aromatic heterocycles. The monoisotopic (exact) mass is 342 g/mol. The van der Waals surface area contributed by atoms with Crippen LogP contribution in [0.1, 0.15) is 39.8 Å². The number of nitrogens with zero attached hydrogens (tertiary/aromatic N) is 1. The number of aliphatic hydroxyl groups excluding tert-OH is 1. The molecule has 0 amide bonds. The molecule has 0 bridgehead atoms. The van der Waals surface area contributed by atoms with Crippen molar-refractivity contribution in [2.45, 2.75) is 32.4 Å². The van der Waals surface area contributed by atoms with Crippen molar-refractivity contribution in [1.29, 1.82) is 0 Å². The van der Waals surface area contributed by atoms with E-state index in [1.165, 1.54) is 0 Å². The van der Waals surface area contributed by atoms with E-state index in [4.69, 9.17) is 4.74 Å². The van der Waals surface area contributed by atoms with E-state index in [9.17, 15) is 9.90 Å². The smallest absolute Gasteiger partial charge is 0.178 e. The van der Waals surface area contributed by atoms with E-state index >= 15 is 0 Å². The van der Waals surface area contributed by atoms with Gasteiger partial charge in [-0.25, -0.2) is 0 Å². The van der Waals surface area contributed by atoms with Gasteiger partial charge in [-0.2, -0.15) is 0 Å².